The Labute approximate surface area is 108 Å². The van der Waals surface area contributed by atoms with E-state index in [9.17, 15) is 9.59 Å². The molecule has 7 heteroatoms. The molecule has 0 saturated heterocycles. The van der Waals surface area contributed by atoms with Crippen molar-refractivity contribution in [2.24, 2.45) is 0 Å². The lowest BCUT2D eigenvalue weighted by atomic mass is 10.1. The van der Waals surface area contributed by atoms with Gasteiger partial charge in [0.25, 0.3) is 0 Å². The Balaban J connectivity index is 2.70. The van der Waals surface area contributed by atoms with Gasteiger partial charge in [-0.3, -0.25) is 0 Å². The number of rotatable bonds is 3. The summed E-state index contributed by atoms with van der Waals surface area (Å²) in [6.07, 6.45) is 1.21. The van der Waals surface area contributed by atoms with E-state index in [0.717, 1.165) is 0 Å². The Morgan fingerprint density at radius 1 is 1.42 bits per heavy atom. The number of hydrogen-bond donors (Lipinski definition) is 1. The topological polar surface area (TPSA) is 93.8 Å². The molecule has 0 saturated carbocycles. The SMILES string of the molecule is CCOC(=O)c1c(C)nc2c(C(=O)O)cnn2c1C. The largest absolute Gasteiger partial charge is 0.477 e. The number of fused-ring (bicyclic) bond motifs is 1. The van der Waals surface area contributed by atoms with Crippen LogP contribution in [0, 0.1) is 13.8 Å². The van der Waals surface area contributed by atoms with Crippen molar-refractivity contribution in [3.8, 4) is 0 Å². The van der Waals surface area contributed by atoms with Crippen LogP contribution >= 0.6 is 0 Å². The Kier molecular flexibility index (Phi) is 3.20. The number of esters is 1. The van der Waals surface area contributed by atoms with E-state index in [1.165, 1.54) is 10.7 Å². The molecule has 0 fully saturated rings. The van der Waals surface area contributed by atoms with Gasteiger partial charge in [0, 0.05) is 0 Å². The molecule has 2 rings (SSSR count). The van der Waals surface area contributed by atoms with Crippen molar-refractivity contribution in [2.75, 3.05) is 6.61 Å². The summed E-state index contributed by atoms with van der Waals surface area (Å²) in [5.74, 6) is -1.59. The number of aromatic carboxylic acids is 1. The summed E-state index contributed by atoms with van der Waals surface area (Å²) < 4.78 is 6.29. The van der Waals surface area contributed by atoms with Gasteiger partial charge in [-0.15, -0.1) is 0 Å². The van der Waals surface area contributed by atoms with Gasteiger partial charge in [0.2, 0.25) is 0 Å². The first kappa shape index (κ1) is 13.0. The van der Waals surface area contributed by atoms with Gasteiger partial charge < -0.3 is 9.84 Å². The second-order valence-corrected chi connectivity index (χ2v) is 3.98. The first-order valence-electron chi connectivity index (χ1n) is 5.72. The molecule has 19 heavy (non-hydrogen) atoms. The van der Waals surface area contributed by atoms with Crippen LogP contribution in [0.1, 0.15) is 39.0 Å². The van der Waals surface area contributed by atoms with Crippen LogP contribution in [0.15, 0.2) is 6.20 Å². The third-order valence-electron chi connectivity index (χ3n) is 2.77. The number of aromatic nitrogens is 3. The molecule has 2 aromatic heterocycles. The summed E-state index contributed by atoms with van der Waals surface area (Å²) >= 11 is 0. The molecular formula is C12H13N3O4. The minimum absolute atomic E-state index is 0.00149. The van der Waals surface area contributed by atoms with Gasteiger partial charge >= 0.3 is 11.9 Å². The highest BCUT2D eigenvalue weighted by molar-refractivity contribution is 5.96. The van der Waals surface area contributed by atoms with Crippen molar-refractivity contribution in [1.29, 1.82) is 0 Å². The zero-order valence-electron chi connectivity index (χ0n) is 10.8. The molecular weight excluding hydrogens is 250 g/mol. The summed E-state index contributed by atoms with van der Waals surface area (Å²) in [6, 6.07) is 0. The van der Waals surface area contributed by atoms with Crippen molar-refractivity contribution >= 4 is 17.6 Å². The van der Waals surface area contributed by atoms with Gasteiger partial charge in [-0.1, -0.05) is 0 Å². The number of hydrogen-bond acceptors (Lipinski definition) is 5. The molecule has 0 unspecified atom stereocenters. The molecule has 0 bridgehead atoms. The third kappa shape index (κ3) is 2.03. The van der Waals surface area contributed by atoms with Crippen molar-refractivity contribution in [2.45, 2.75) is 20.8 Å². The molecule has 0 atom stereocenters. The Hall–Kier alpha value is -2.44. The molecule has 0 amide bonds. The van der Waals surface area contributed by atoms with Gasteiger partial charge in [0.15, 0.2) is 5.65 Å². The minimum atomic E-state index is -1.11. The lowest BCUT2D eigenvalue weighted by molar-refractivity contribution is 0.0522. The molecule has 0 aliphatic rings. The van der Waals surface area contributed by atoms with Gasteiger partial charge in [-0.25, -0.2) is 19.1 Å². The van der Waals surface area contributed by atoms with Crippen LogP contribution in [0.2, 0.25) is 0 Å². The molecule has 100 valence electrons. The number of carboxylic acids is 1. The number of carbonyl (C=O) groups is 2. The van der Waals surface area contributed by atoms with E-state index in [2.05, 4.69) is 10.1 Å². The molecule has 0 aromatic carbocycles. The van der Waals surface area contributed by atoms with Crippen LogP contribution in [-0.2, 0) is 4.74 Å². The Morgan fingerprint density at radius 2 is 2.11 bits per heavy atom. The van der Waals surface area contributed by atoms with E-state index >= 15 is 0 Å². The van der Waals surface area contributed by atoms with E-state index in [4.69, 9.17) is 9.84 Å². The van der Waals surface area contributed by atoms with Crippen molar-refractivity contribution in [3.63, 3.8) is 0 Å². The van der Waals surface area contributed by atoms with E-state index in [1.807, 2.05) is 0 Å². The summed E-state index contributed by atoms with van der Waals surface area (Å²) in [5, 5.41) is 13.0. The maximum absolute atomic E-state index is 11.9. The highest BCUT2D eigenvalue weighted by Crippen LogP contribution is 2.18. The standard InChI is InChI=1S/C12H13N3O4/c1-4-19-12(18)9-6(2)14-10-8(11(16)17)5-13-15(10)7(9)3/h5H,4H2,1-3H3,(H,16,17). The molecule has 0 spiro atoms. The minimum Gasteiger partial charge on any atom is -0.477 e. The van der Waals surface area contributed by atoms with E-state index < -0.39 is 11.9 Å². The van der Waals surface area contributed by atoms with Gasteiger partial charge in [-0.2, -0.15) is 5.10 Å². The van der Waals surface area contributed by atoms with Crippen LogP contribution in [0.25, 0.3) is 5.65 Å². The highest BCUT2D eigenvalue weighted by atomic mass is 16.5. The lowest BCUT2D eigenvalue weighted by Crippen LogP contribution is -2.14. The lowest BCUT2D eigenvalue weighted by Gasteiger charge is -2.09. The van der Waals surface area contributed by atoms with Crippen LogP contribution in [-0.4, -0.2) is 38.3 Å². The number of carboxylic acid groups (broad SMARTS) is 1. The Bertz CT molecular complexity index is 675. The van der Waals surface area contributed by atoms with E-state index in [-0.39, 0.29) is 17.8 Å². The molecule has 0 aliphatic carbocycles. The predicted molar refractivity (Wildman–Crippen MR) is 65.4 cm³/mol. The number of carbonyl (C=O) groups excluding carboxylic acids is 1. The second kappa shape index (κ2) is 4.68. The van der Waals surface area contributed by atoms with Gasteiger partial charge in [-0.05, 0) is 20.8 Å². The van der Waals surface area contributed by atoms with Crippen LogP contribution in [0.3, 0.4) is 0 Å². The highest BCUT2D eigenvalue weighted by Gasteiger charge is 2.21. The van der Waals surface area contributed by atoms with Crippen molar-refractivity contribution < 1.29 is 19.4 Å². The van der Waals surface area contributed by atoms with Gasteiger partial charge in [0.1, 0.15) is 11.1 Å². The molecule has 0 aliphatic heterocycles. The third-order valence-corrected chi connectivity index (χ3v) is 2.77. The molecule has 1 N–H and O–H groups in total. The van der Waals surface area contributed by atoms with Crippen LogP contribution < -0.4 is 0 Å². The van der Waals surface area contributed by atoms with E-state index in [0.29, 0.717) is 17.0 Å². The quantitative estimate of drug-likeness (QED) is 0.837. The fourth-order valence-electron chi connectivity index (χ4n) is 1.93. The zero-order valence-corrected chi connectivity index (χ0v) is 10.8. The maximum Gasteiger partial charge on any atom is 0.341 e. The second-order valence-electron chi connectivity index (χ2n) is 3.98. The van der Waals surface area contributed by atoms with Crippen LogP contribution in [0.5, 0.6) is 0 Å². The summed E-state index contributed by atoms with van der Waals surface area (Å²) in [6.45, 7) is 5.28. The smallest absolute Gasteiger partial charge is 0.341 e. The number of ether oxygens (including phenoxy) is 1. The first-order chi connectivity index (χ1) is 8.97. The summed E-state index contributed by atoms with van der Waals surface area (Å²) in [4.78, 5) is 27.0. The number of nitrogens with zero attached hydrogens (tertiary/aromatic N) is 3. The fraction of sp³-hybridized carbons (Fsp3) is 0.333. The molecule has 7 nitrogen and oxygen atoms in total. The van der Waals surface area contributed by atoms with Crippen molar-refractivity contribution in [1.82, 2.24) is 14.6 Å². The summed E-state index contributed by atoms with van der Waals surface area (Å²) in [5.41, 5.74) is 1.46. The molecule has 0 radical (unpaired) electrons. The normalized spacial score (nSPS) is 10.7. The average Bonchev–Trinajstić information content (AvgIpc) is 2.73. The van der Waals surface area contributed by atoms with E-state index in [1.54, 1.807) is 20.8 Å². The average molecular weight is 263 g/mol. The predicted octanol–water partition coefficient (Wildman–Crippen LogP) is 1.22. The van der Waals surface area contributed by atoms with Crippen LogP contribution in [0.4, 0.5) is 0 Å². The monoisotopic (exact) mass is 263 g/mol. The first-order valence-corrected chi connectivity index (χ1v) is 5.72. The molecule has 2 heterocycles. The maximum atomic E-state index is 11.9. The Morgan fingerprint density at radius 3 is 2.68 bits per heavy atom. The molecule has 2 aromatic rings. The number of aryl methyl sites for hydroxylation is 2. The summed E-state index contributed by atoms with van der Waals surface area (Å²) in [7, 11) is 0. The zero-order chi connectivity index (χ0) is 14.2. The van der Waals surface area contributed by atoms with Gasteiger partial charge in [0.05, 0.1) is 24.2 Å². The van der Waals surface area contributed by atoms with Crippen molar-refractivity contribution in [3.05, 3.63) is 28.7 Å². The fourth-order valence-corrected chi connectivity index (χ4v) is 1.93.